The van der Waals surface area contributed by atoms with E-state index in [4.69, 9.17) is 13.6 Å². The number of pyridine rings is 1. The van der Waals surface area contributed by atoms with Crippen LogP contribution in [0.15, 0.2) is 30.7 Å². The van der Waals surface area contributed by atoms with Gasteiger partial charge in [-0.15, -0.1) is 0 Å². The smallest absolute Gasteiger partial charge is 0.424 e. The highest BCUT2D eigenvalue weighted by Crippen LogP contribution is 2.31. The van der Waals surface area contributed by atoms with Crippen LogP contribution in [0.2, 0.25) is 0 Å². The zero-order valence-electron chi connectivity index (χ0n) is 13.3. The minimum Gasteiger partial charge on any atom is -0.443 e. The molecule has 2 aromatic heterocycles. The summed E-state index contributed by atoms with van der Waals surface area (Å²) in [6.45, 7) is 1.99. The molecule has 0 unspecified atom stereocenters. The SMILES string of the molecule is CC1(OC(=O)NCc2ccnc3oc(=O)c(=O)oc23)CCCCC1. The van der Waals surface area contributed by atoms with E-state index in [1.807, 2.05) is 6.92 Å². The lowest BCUT2D eigenvalue weighted by atomic mass is 9.86. The molecule has 0 bridgehead atoms. The average molecular weight is 334 g/mol. The molecule has 8 heteroatoms. The van der Waals surface area contributed by atoms with Gasteiger partial charge in [0.2, 0.25) is 0 Å². The van der Waals surface area contributed by atoms with Gasteiger partial charge in [0.1, 0.15) is 5.60 Å². The molecule has 0 atom stereocenters. The largest absolute Gasteiger partial charge is 0.443 e. The predicted octanol–water partition coefficient (Wildman–Crippen LogP) is 2.09. The van der Waals surface area contributed by atoms with Gasteiger partial charge in [0.25, 0.3) is 5.71 Å². The van der Waals surface area contributed by atoms with Crippen molar-refractivity contribution in [1.29, 1.82) is 0 Å². The van der Waals surface area contributed by atoms with Gasteiger partial charge in [-0.1, -0.05) is 6.42 Å². The maximum atomic E-state index is 12.0. The molecule has 2 aromatic rings. The number of nitrogens with zero attached hydrogens (tertiary/aromatic N) is 1. The Bertz CT molecular complexity index is 863. The average Bonchev–Trinajstić information content (AvgIpc) is 2.54. The fourth-order valence-corrected chi connectivity index (χ4v) is 2.88. The van der Waals surface area contributed by atoms with Crippen LogP contribution in [-0.2, 0) is 11.3 Å². The minimum atomic E-state index is -1.12. The second kappa shape index (κ2) is 6.46. The van der Waals surface area contributed by atoms with E-state index in [-0.39, 0.29) is 17.8 Å². The normalized spacial score (nSPS) is 16.7. The van der Waals surface area contributed by atoms with Crippen molar-refractivity contribution in [2.75, 3.05) is 0 Å². The number of ether oxygens (including phenoxy) is 1. The van der Waals surface area contributed by atoms with E-state index in [1.165, 1.54) is 6.20 Å². The molecule has 1 aliphatic rings. The zero-order valence-corrected chi connectivity index (χ0v) is 13.3. The molecule has 1 saturated carbocycles. The van der Waals surface area contributed by atoms with Crippen LogP contribution < -0.4 is 16.6 Å². The summed E-state index contributed by atoms with van der Waals surface area (Å²) >= 11 is 0. The van der Waals surface area contributed by atoms with Gasteiger partial charge in [-0.2, -0.15) is 0 Å². The summed E-state index contributed by atoms with van der Waals surface area (Å²) in [5, 5.41) is 2.63. The number of fused-ring (bicyclic) bond motifs is 1. The molecule has 0 aliphatic heterocycles. The summed E-state index contributed by atoms with van der Waals surface area (Å²) in [6.07, 6.45) is 5.80. The third-order valence-electron chi connectivity index (χ3n) is 4.18. The Balaban J connectivity index is 1.71. The van der Waals surface area contributed by atoms with Crippen molar-refractivity contribution in [3.05, 3.63) is 38.7 Å². The highest BCUT2D eigenvalue weighted by Gasteiger charge is 2.30. The third kappa shape index (κ3) is 3.47. The van der Waals surface area contributed by atoms with Gasteiger partial charge in [-0.05, 0) is 38.7 Å². The summed E-state index contributed by atoms with van der Waals surface area (Å²) < 4.78 is 15.2. The van der Waals surface area contributed by atoms with Crippen LogP contribution in [-0.4, -0.2) is 16.7 Å². The number of hydrogen-bond acceptors (Lipinski definition) is 7. The summed E-state index contributed by atoms with van der Waals surface area (Å²) in [5.41, 5.74) is -2.27. The van der Waals surface area contributed by atoms with E-state index in [2.05, 4.69) is 10.3 Å². The van der Waals surface area contributed by atoms with E-state index in [9.17, 15) is 14.4 Å². The summed E-state index contributed by atoms with van der Waals surface area (Å²) in [4.78, 5) is 38.3. The van der Waals surface area contributed by atoms with E-state index >= 15 is 0 Å². The van der Waals surface area contributed by atoms with Crippen molar-refractivity contribution in [3.63, 3.8) is 0 Å². The minimum absolute atomic E-state index is 0.0336. The van der Waals surface area contributed by atoms with Crippen LogP contribution in [0, 0.1) is 0 Å². The van der Waals surface area contributed by atoms with E-state index in [0.29, 0.717) is 5.56 Å². The molecule has 1 aliphatic carbocycles. The summed E-state index contributed by atoms with van der Waals surface area (Å²) in [5.74, 6) is 0. The van der Waals surface area contributed by atoms with E-state index in [1.54, 1.807) is 6.07 Å². The van der Waals surface area contributed by atoms with Crippen LogP contribution in [0.25, 0.3) is 11.3 Å². The second-order valence-corrected chi connectivity index (χ2v) is 6.14. The molecule has 24 heavy (non-hydrogen) atoms. The van der Waals surface area contributed by atoms with Crippen molar-refractivity contribution >= 4 is 17.4 Å². The lowest BCUT2D eigenvalue weighted by Crippen LogP contribution is -2.38. The number of carbonyl (C=O) groups excluding carboxylic acids is 1. The maximum absolute atomic E-state index is 12.0. The number of rotatable bonds is 3. The van der Waals surface area contributed by atoms with Gasteiger partial charge in [-0.25, -0.2) is 19.4 Å². The topological polar surface area (TPSA) is 112 Å². The molecule has 1 amide bonds. The Labute approximate surface area is 136 Å². The van der Waals surface area contributed by atoms with Gasteiger partial charge in [0.05, 0.1) is 6.54 Å². The van der Waals surface area contributed by atoms with Crippen molar-refractivity contribution in [3.8, 4) is 0 Å². The highest BCUT2D eigenvalue weighted by molar-refractivity contribution is 5.71. The monoisotopic (exact) mass is 334 g/mol. The molecular formula is C16H18N2O6. The molecule has 1 fully saturated rings. The Morgan fingerprint density at radius 3 is 2.71 bits per heavy atom. The quantitative estimate of drug-likeness (QED) is 0.855. The zero-order chi connectivity index (χ0) is 17.2. The first-order chi connectivity index (χ1) is 11.5. The molecule has 0 radical (unpaired) electrons. The number of alkyl carbamates (subject to hydrolysis) is 1. The Morgan fingerprint density at radius 2 is 1.96 bits per heavy atom. The van der Waals surface area contributed by atoms with Crippen LogP contribution >= 0.6 is 0 Å². The summed E-state index contributed by atoms with van der Waals surface area (Å²) in [6, 6.07) is 1.56. The second-order valence-electron chi connectivity index (χ2n) is 6.14. The van der Waals surface area contributed by atoms with Crippen molar-refractivity contribution in [1.82, 2.24) is 10.3 Å². The Kier molecular flexibility index (Phi) is 4.37. The van der Waals surface area contributed by atoms with Crippen LogP contribution in [0.4, 0.5) is 4.79 Å². The number of aromatic nitrogens is 1. The summed E-state index contributed by atoms with van der Waals surface area (Å²) in [7, 11) is 0. The van der Waals surface area contributed by atoms with Gasteiger partial charge in [0, 0.05) is 11.8 Å². The first-order valence-electron chi connectivity index (χ1n) is 7.86. The van der Waals surface area contributed by atoms with Gasteiger partial charge in [0.15, 0.2) is 5.58 Å². The predicted molar refractivity (Wildman–Crippen MR) is 83.6 cm³/mol. The lowest BCUT2D eigenvalue weighted by molar-refractivity contribution is -0.00225. The number of amides is 1. The van der Waals surface area contributed by atoms with Gasteiger partial charge < -0.3 is 18.9 Å². The Morgan fingerprint density at radius 1 is 1.25 bits per heavy atom. The van der Waals surface area contributed by atoms with E-state index in [0.717, 1.165) is 32.1 Å². The van der Waals surface area contributed by atoms with Crippen molar-refractivity contribution < 1.29 is 18.4 Å². The highest BCUT2D eigenvalue weighted by atomic mass is 16.6. The standard InChI is InChI=1S/C16H18N2O6/c1-16(6-3-2-4-7-16)24-15(21)18-9-10-5-8-17-12-11(10)22-13(19)14(20)23-12/h5,8H,2-4,6-7,9H2,1H3,(H,18,21). The fraction of sp³-hybridized carbons (Fsp3) is 0.500. The first kappa shape index (κ1) is 16.2. The maximum Gasteiger partial charge on any atom is 0.424 e. The molecule has 1 N–H and O–H groups in total. The van der Waals surface area contributed by atoms with Gasteiger partial charge >= 0.3 is 17.3 Å². The van der Waals surface area contributed by atoms with Crippen molar-refractivity contribution in [2.45, 2.75) is 51.2 Å². The lowest BCUT2D eigenvalue weighted by Gasteiger charge is -2.33. The molecule has 8 nitrogen and oxygen atoms in total. The van der Waals surface area contributed by atoms with Gasteiger partial charge in [-0.3, -0.25) is 0 Å². The molecule has 3 rings (SSSR count). The molecular weight excluding hydrogens is 316 g/mol. The van der Waals surface area contributed by atoms with Crippen LogP contribution in [0.3, 0.4) is 0 Å². The number of carbonyl (C=O) groups is 1. The fourth-order valence-electron chi connectivity index (χ4n) is 2.88. The number of nitrogens with one attached hydrogen (secondary N) is 1. The molecule has 0 aromatic carbocycles. The molecule has 0 saturated heterocycles. The van der Waals surface area contributed by atoms with Crippen LogP contribution in [0.1, 0.15) is 44.6 Å². The van der Waals surface area contributed by atoms with E-state index < -0.39 is 22.9 Å². The first-order valence-corrected chi connectivity index (χ1v) is 7.86. The molecule has 2 heterocycles. The molecule has 128 valence electrons. The molecule has 0 spiro atoms. The Hall–Kier alpha value is -2.64. The van der Waals surface area contributed by atoms with Crippen LogP contribution in [0.5, 0.6) is 0 Å². The number of hydrogen-bond donors (Lipinski definition) is 1. The van der Waals surface area contributed by atoms with Crippen molar-refractivity contribution in [2.24, 2.45) is 0 Å². The third-order valence-corrected chi connectivity index (χ3v) is 4.18.